The average molecular weight is 397 g/mol. The number of benzene rings is 2. The molecule has 0 radical (unpaired) electrons. The van der Waals surface area contributed by atoms with Crippen LogP contribution >= 0.6 is 27.5 Å². The Morgan fingerprint density at radius 3 is 2.61 bits per heavy atom. The van der Waals surface area contributed by atoms with E-state index in [4.69, 9.17) is 16.3 Å². The Kier molecular flexibility index (Phi) is 6.93. The molecule has 23 heavy (non-hydrogen) atoms. The highest BCUT2D eigenvalue weighted by Crippen LogP contribution is 2.25. The second-order valence-electron chi connectivity index (χ2n) is 5.12. The van der Waals surface area contributed by atoms with Crippen molar-refractivity contribution in [3.8, 4) is 5.75 Å². The molecule has 0 atom stereocenters. The molecule has 5 heteroatoms. The van der Waals surface area contributed by atoms with Crippen molar-refractivity contribution in [2.75, 3.05) is 11.9 Å². The average Bonchev–Trinajstić information content (AvgIpc) is 2.55. The zero-order chi connectivity index (χ0) is 16.7. The minimum Gasteiger partial charge on any atom is -0.494 e. The Hall–Kier alpha value is -1.52. The van der Waals surface area contributed by atoms with E-state index in [1.54, 1.807) is 12.1 Å². The number of amides is 1. The van der Waals surface area contributed by atoms with Gasteiger partial charge in [-0.25, -0.2) is 0 Å². The van der Waals surface area contributed by atoms with Crippen molar-refractivity contribution < 1.29 is 9.53 Å². The Balaban J connectivity index is 1.72. The lowest BCUT2D eigenvalue weighted by Gasteiger charge is -2.09. The first-order valence-electron chi connectivity index (χ1n) is 7.55. The van der Waals surface area contributed by atoms with Crippen LogP contribution in [0.4, 0.5) is 5.69 Å². The Bertz CT molecular complexity index is 659. The van der Waals surface area contributed by atoms with Gasteiger partial charge in [-0.3, -0.25) is 4.79 Å². The molecule has 2 aromatic carbocycles. The molecule has 0 aliphatic carbocycles. The van der Waals surface area contributed by atoms with E-state index in [-0.39, 0.29) is 5.91 Å². The van der Waals surface area contributed by atoms with Crippen molar-refractivity contribution in [2.24, 2.45) is 0 Å². The molecule has 0 bridgehead atoms. The molecule has 122 valence electrons. The van der Waals surface area contributed by atoms with Crippen LogP contribution < -0.4 is 10.1 Å². The first-order valence-corrected chi connectivity index (χ1v) is 8.72. The van der Waals surface area contributed by atoms with Crippen molar-refractivity contribution in [2.45, 2.75) is 26.2 Å². The highest BCUT2D eigenvalue weighted by atomic mass is 79.9. The van der Waals surface area contributed by atoms with Crippen molar-refractivity contribution in [3.63, 3.8) is 0 Å². The molecular formula is C18H19BrClNO2. The zero-order valence-electron chi connectivity index (χ0n) is 12.9. The number of rotatable bonds is 7. The molecule has 0 fully saturated rings. The van der Waals surface area contributed by atoms with Gasteiger partial charge in [0.25, 0.3) is 0 Å². The van der Waals surface area contributed by atoms with Crippen molar-refractivity contribution in [1.82, 2.24) is 0 Å². The predicted molar refractivity (Wildman–Crippen MR) is 98.3 cm³/mol. The molecule has 0 saturated carbocycles. The quantitative estimate of drug-likeness (QED) is 0.631. The summed E-state index contributed by atoms with van der Waals surface area (Å²) in [4.78, 5) is 11.9. The molecule has 0 aliphatic heterocycles. The number of nitrogens with one attached hydrogen (secondary N) is 1. The maximum Gasteiger partial charge on any atom is 0.224 e. The lowest BCUT2D eigenvalue weighted by atomic mass is 10.2. The summed E-state index contributed by atoms with van der Waals surface area (Å²) in [6, 6.07) is 13.4. The third-order valence-corrected chi connectivity index (χ3v) is 4.16. The lowest BCUT2D eigenvalue weighted by Crippen LogP contribution is -2.13. The van der Waals surface area contributed by atoms with Gasteiger partial charge in [0.2, 0.25) is 5.91 Å². The normalized spacial score (nSPS) is 10.4. The molecule has 0 heterocycles. The summed E-state index contributed by atoms with van der Waals surface area (Å²) in [5.41, 5.74) is 1.90. The minimum atomic E-state index is -0.0702. The smallest absolute Gasteiger partial charge is 0.224 e. The molecule has 0 unspecified atom stereocenters. The van der Waals surface area contributed by atoms with Gasteiger partial charge in [0.15, 0.2) is 0 Å². The van der Waals surface area contributed by atoms with Gasteiger partial charge in [-0.05, 0) is 48.7 Å². The predicted octanol–water partition coefficient (Wildman–Crippen LogP) is 5.46. The first kappa shape index (κ1) is 17.8. The Labute approximate surface area is 150 Å². The van der Waals surface area contributed by atoms with E-state index in [1.165, 1.54) is 5.56 Å². The second-order valence-corrected chi connectivity index (χ2v) is 6.44. The van der Waals surface area contributed by atoms with Crippen molar-refractivity contribution in [3.05, 3.63) is 57.5 Å². The van der Waals surface area contributed by atoms with Gasteiger partial charge < -0.3 is 10.1 Å². The summed E-state index contributed by atoms with van der Waals surface area (Å²) in [5.74, 6) is 0.762. The highest BCUT2D eigenvalue weighted by molar-refractivity contribution is 9.10. The second kappa shape index (κ2) is 8.94. The molecule has 2 aromatic rings. The van der Waals surface area contributed by atoms with Gasteiger partial charge in [-0.15, -0.1) is 0 Å². The highest BCUT2D eigenvalue weighted by Gasteiger charge is 2.06. The van der Waals surface area contributed by atoms with Gasteiger partial charge >= 0.3 is 0 Å². The number of ether oxygens (including phenoxy) is 1. The molecular weight excluding hydrogens is 378 g/mol. The number of anilines is 1. The topological polar surface area (TPSA) is 38.3 Å². The zero-order valence-corrected chi connectivity index (χ0v) is 15.3. The van der Waals surface area contributed by atoms with Gasteiger partial charge in [0, 0.05) is 10.9 Å². The summed E-state index contributed by atoms with van der Waals surface area (Å²) in [6.45, 7) is 2.62. The van der Waals surface area contributed by atoms with Gasteiger partial charge in [-0.2, -0.15) is 0 Å². The molecule has 0 saturated heterocycles. The fourth-order valence-corrected chi connectivity index (χ4v) is 2.77. The van der Waals surface area contributed by atoms with Crippen molar-refractivity contribution in [1.29, 1.82) is 0 Å². The first-order chi connectivity index (χ1) is 11.1. The van der Waals surface area contributed by atoms with E-state index in [1.807, 2.05) is 18.2 Å². The number of halogens is 2. The standard InChI is InChI=1S/C18H19BrClNO2/c1-2-13-5-8-15(9-6-13)23-11-3-4-18(22)21-17-10-7-14(19)12-16(17)20/h5-10,12H,2-4,11H2,1H3,(H,21,22). The summed E-state index contributed by atoms with van der Waals surface area (Å²) in [6.07, 6.45) is 2.05. The van der Waals surface area contributed by atoms with E-state index < -0.39 is 0 Å². The third kappa shape index (κ3) is 5.88. The number of hydrogen-bond acceptors (Lipinski definition) is 2. The van der Waals surface area contributed by atoms with Crippen LogP contribution in [0.1, 0.15) is 25.3 Å². The van der Waals surface area contributed by atoms with Crippen molar-refractivity contribution >= 4 is 39.1 Å². The molecule has 0 aromatic heterocycles. The lowest BCUT2D eigenvalue weighted by molar-refractivity contribution is -0.116. The number of aryl methyl sites for hydroxylation is 1. The third-order valence-electron chi connectivity index (χ3n) is 3.35. The largest absolute Gasteiger partial charge is 0.494 e. The summed E-state index contributed by atoms with van der Waals surface area (Å²) < 4.78 is 6.51. The summed E-state index contributed by atoms with van der Waals surface area (Å²) >= 11 is 9.40. The van der Waals surface area contributed by atoms with E-state index in [9.17, 15) is 4.79 Å². The number of carbonyl (C=O) groups excluding carboxylic acids is 1. The SMILES string of the molecule is CCc1ccc(OCCCC(=O)Nc2ccc(Br)cc2Cl)cc1. The maximum atomic E-state index is 11.9. The summed E-state index contributed by atoms with van der Waals surface area (Å²) in [7, 11) is 0. The molecule has 3 nitrogen and oxygen atoms in total. The van der Waals surface area contributed by atoms with Crippen LogP contribution in [0.5, 0.6) is 5.75 Å². The van der Waals surface area contributed by atoms with Gasteiger partial charge in [0.05, 0.1) is 17.3 Å². The molecule has 1 N–H and O–H groups in total. The van der Waals surface area contributed by atoms with Crippen LogP contribution in [0.3, 0.4) is 0 Å². The van der Waals surface area contributed by atoms with Crippen LogP contribution in [0.2, 0.25) is 5.02 Å². The monoisotopic (exact) mass is 395 g/mol. The van der Waals surface area contributed by atoms with Gasteiger partial charge in [-0.1, -0.05) is 46.6 Å². The van der Waals surface area contributed by atoms with Gasteiger partial charge in [0.1, 0.15) is 5.75 Å². The molecule has 0 spiro atoms. The molecule has 0 aliphatic rings. The summed E-state index contributed by atoms with van der Waals surface area (Å²) in [5, 5.41) is 3.32. The molecule has 1 amide bonds. The fraction of sp³-hybridized carbons (Fsp3) is 0.278. The number of hydrogen-bond donors (Lipinski definition) is 1. The van der Waals surface area contributed by atoms with Crippen LogP contribution in [0.25, 0.3) is 0 Å². The van der Waals surface area contributed by atoms with E-state index in [0.717, 1.165) is 16.6 Å². The van der Waals surface area contributed by atoms with E-state index in [0.29, 0.717) is 30.2 Å². The van der Waals surface area contributed by atoms with Crippen LogP contribution in [-0.4, -0.2) is 12.5 Å². The Morgan fingerprint density at radius 2 is 1.96 bits per heavy atom. The van der Waals surface area contributed by atoms with Crippen LogP contribution in [0.15, 0.2) is 46.9 Å². The van der Waals surface area contributed by atoms with Crippen LogP contribution in [-0.2, 0) is 11.2 Å². The fourth-order valence-electron chi connectivity index (χ4n) is 2.05. The van der Waals surface area contributed by atoms with E-state index in [2.05, 4.69) is 40.3 Å². The number of carbonyl (C=O) groups is 1. The van der Waals surface area contributed by atoms with Crippen LogP contribution in [0, 0.1) is 0 Å². The maximum absolute atomic E-state index is 11.9. The minimum absolute atomic E-state index is 0.0702. The Morgan fingerprint density at radius 1 is 1.22 bits per heavy atom. The molecule has 2 rings (SSSR count). The van der Waals surface area contributed by atoms with E-state index >= 15 is 0 Å².